The monoisotopic (exact) mass is 453 g/mol. The molecule has 10 heteroatoms. The second kappa shape index (κ2) is 6.88. The first-order chi connectivity index (χ1) is 15.1. The van der Waals surface area contributed by atoms with Gasteiger partial charge in [-0.05, 0) is 55.3 Å². The number of aromatic nitrogens is 2. The number of nitrogens with two attached hydrogens (primary N) is 1. The number of sulfone groups is 1. The second-order valence-electron chi connectivity index (χ2n) is 8.72. The van der Waals surface area contributed by atoms with Gasteiger partial charge >= 0.3 is 0 Å². The minimum atomic E-state index is -3.59. The highest BCUT2D eigenvalue weighted by Crippen LogP contribution is 2.42. The Hall–Kier alpha value is -3.24. The minimum Gasteiger partial charge on any atom is -0.386 e. The zero-order valence-corrected chi connectivity index (χ0v) is 18.5. The third-order valence-corrected chi connectivity index (χ3v) is 8.85. The summed E-state index contributed by atoms with van der Waals surface area (Å²) in [6.45, 7) is 3.55. The van der Waals surface area contributed by atoms with Gasteiger partial charge in [0.25, 0.3) is 5.91 Å². The number of aliphatic imine (C=N–C) groups is 1. The third kappa shape index (κ3) is 3.09. The Balaban J connectivity index is 1.52. The Labute approximate surface area is 185 Å². The van der Waals surface area contributed by atoms with Crippen LogP contribution >= 0.6 is 0 Å². The van der Waals surface area contributed by atoms with Crippen LogP contribution in [0, 0.1) is 0 Å². The van der Waals surface area contributed by atoms with E-state index in [2.05, 4.69) is 15.4 Å². The van der Waals surface area contributed by atoms with E-state index in [1.54, 1.807) is 42.8 Å². The molecule has 1 atom stereocenters. The van der Waals surface area contributed by atoms with E-state index in [9.17, 15) is 13.2 Å². The Bertz CT molecular complexity index is 1360. The number of fused-ring (bicyclic) bond motifs is 3. The van der Waals surface area contributed by atoms with E-state index in [1.807, 2.05) is 24.3 Å². The molecule has 166 valence electrons. The normalized spacial score (nSPS) is 23.5. The van der Waals surface area contributed by atoms with Crippen molar-refractivity contribution in [1.29, 1.82) is 0 Å². The van der Waals surface area contributed by atoms with Crippen molar-refractivity contribution in [2.45, 2.75) is 30.7 Å². The Morgan fingerprint density at radius 2 is 2.03 bits per heavy atom. The summed E-state index contributed by atoms with van der Waals surface area (Å²) in [5, 5.41) is 7.15. The van der Waals surface area contributed by atoms with Crippen molar-refractivity contribution in [1.82, 2.24) is 9.61 Å². The van der Waals surface area contributed by atoms with Crippen LogP contribution in [0.25, 0.3) is 5.52 Å². The topological polar surface area (TPSA) is 128 Å². The first-order valence-corrected chi connectivity index (χ1v) is 11.8. The Kier molecular flexibility index (Phi) is 4.44. The number of ether oxygens (including phenoxy) is 1. The molecule has 1 unspecified atom stereocenters. The smallest absolute Gasteiger partial charge is 0.276 e. The number of amides is 1. The standard InChI is InChI=1S/C22H23N5O4S/c1-21(2)20(23)25-22(13-32(21,29)30)12-31-11-14-6-7-15(9-17(14)22)24-19(28)18-10-16-5-3-4-8-27(16)26-18/h3-10H,11-13H2,1-2H3,(H2,23,25)(H,24,28). The van der Waals surface area contributed by atoms with Crippen LogP contribution in [0.3, 0.4) is 0 Å². The molecule has 9 nitrogen and oxygen atoms in total. The van der Waals surface area contributed by atoms with E-state index >= 15 is 0 Å². The van der Waals surface area contributed by atoms with Crippen LogP contribution in [0.2, 0.25) is 0 Å². The number of hydrogen-bond donors (Lipinski definition) is 2. The van der Waals surface area contributed by atoms with Crippen molar-refractivity contribution in [2.24, 2.45) is 10.7 Å². The number of carbonyl (C=O) groups excluding carboxylic acids is 1. The number of rotatable bonds is 2. The summed E-state index contributed by atoms with van der Waals surface area (Å²) in [4.78, 5) is 17.4. The summed E-state index contributed by atoms with van der Waals surface area (Å²) in [5.41, 5.74) is 8.08. The first kappa shape index (κ1) is 20.7. The first-order valence-electron chi connectivity index (χ1n) is 10.2. The van der Waals surface area contributed by atoms with Gasteiger partial charge in [-0.3, -0.25) is 9.79 Å². The molecular weight excluding hydrogens is 430 g/mol. The van der Waals surface area contributed by atoms with Crippen molar-refractivity contribution in [3.05, 3.63) is 65.5 Å². The van der Waals surface area contributed by atoms with E-state index in [4.69, 9.17) is 10.5 Å². The van der Waals surface area contributed by atoms with E-state index in [0.717, 1.165) is 11.1 Å². The maximum atomic E-state index is 13.0. The van der Waals surface area contributed by atoms with Crippen LogP contribution in [-0.4, -0.2) is 46.9 Å². The van der Waals surface area contributed by atoms with Gasteiger partial charge < -0.3 is 15.8 Å². The molecule has 0 saturated carbocycles. The molecule has 5 rings (SSSR count). The summed E-state index contributed by atoms with van der Waals surface area (Å²) in [6.07, 6.45) is 1.77. The number of nitrogens with zero attached hydrogens (tertiary/aromatic N) is 3. The van der Waals surface area contributed by atoms with Crippen LogP contribution < -0.4 is 11.1 Å². The maximum absolute atomic E-state index is 13.0. The molecule has 0 saturated heterocycles. The molecule has 1 spiro atoms. The largest absolute Gasteiger partial charge is 0.386 e. The SMILES string of the molecule is CC1(C)C(N)=NC2(COCc3ccc(NC(=O)c4cc5ccccn5n4)cc32)CS1(=O)=O. The third-order valence-electron chi connectivity index (χ3n) is 6.23. The van der Waals surface area contributed by atoms with Gasteiger partial charge in [-0.1, -0.05) is 12.1 Å². The predicted molar refractivity (Wildman–Crippen MR) is 120 cm³/mol. The van der Waals surface area contributed by atoms with E-state index in [1.165, 1.54) is 0 Å². The number of hydrogen-bond acceptors (Lipinski definition) is 7. The summed E-state index contributed by atoms with van der Waals surface area (Å²) in [6, 6.07) is 12.6. The van der Waals surface area contributed by atoms with Crippen molar-refractivity contribution in [3.8, 4) is 0 Å². The number of amidine groups is 1. The van der Waals surface area contributed by atoms with Gasteiger partial charge in [0.1, 0.15) is 16.1 Å². The summed E-state index contributed by atoms with van der Waals surface area (Å²) in [5.74, 6) is -0.528. The molecule has 2 aliphatic heterocycles. The summed E-state index contributed by atoms with van der Waals surface area (Å²) < 4.78 is 32.1. The van der Waals surface area contributed by atoms with Gasteiger partial charge in [-0.15, -0.1) is 0 Å². The molecule has 32 heavy (non-hydrogen) atoms. The molecule has 1 amide bonds. The van der Waals surface area contributed by atoms with Crippen LogP contribution in [0.4, 0.5) is 5.69 Å². The quantitative estimate of drug-likeness (QED) is 0.610. The maximum Gasteiger partial charge on any atom is 0.276 e. The zero-order chi connectivity index (χ0) is 22.7. The molecule has 4 heterocycles. The molecular formula is C22H23N5O4S. The van der Waals surface area contributed by atoms with E-state index < -0.39 is 20.1 Å². The van der Waals surface area contributed by atoms with Crippen molar-refractivity contribution < 1.29 is 17.9 Å². The molecule has 2 aromatic heterocycles. The number of carbonyl (C=O) groups is 1. The lowest BCUT2D eigenvalue weighted by Gasteiger charge is -2.42. The molecule has 3 aromatic rings. The van der Waals surface area contributed by atoms with Gasteiger partial charge in [-0.2, -0.15) is 5.10 Å². The van der Waals surface area contributed by atoms with E-state index in [0.29, 0.717) is 17.9 Å². The molecule has 2 aliphatic rings. The lowest BCUT2D eigenvalue weighted by atomic mass is 9.86. The fourth-order valence-corrected chi connectivity index (χ4v) is 5.79. The molecule has 1 aromatic carbocycles. The number of pyridine rings is 1. The molecule has 0 bridgehead atoms. The Morgan fingerprint density at radius 1 is 1.22 bits per heavy atom. The lowest BCUT2D eigenvalue weighted by molar-refractivity contribution is 0.0610. The predicted octanol–water partition coefficient (Wildman–Crippen LogP) is 1.88. The van der Waals surface area contributed by atoms with Gasteiger partial charge in [0.2, 0.25) is 0 Å². The second-order valence-corrected chi connectivity index (χ2v) is 11.3. The highest BCUT2D eigenvalue weighted by Gasteiger charge is 2.52. The zero-order valence-electron chi connectivity index (χ0n) is 17.7. The Morgan fingerprint density at radius 3 is 2.78 bits per heavy atom. The highest BCUT2D eigenvalue weighted by molar-refractivity contribution is 7.93. The molecule has 3 N–H and O–H groups in total. The van der Waals surface area contributed by atoms with E-state index in [-0.39, 0.29) is 29.8 Å². The molecule has 0 fully saturated rings. The molecule has 0 aliphatic carbocycles. The van der Waals surface area contributed by atoms with Gasteiger partial charge in [0.15, 0.2) is 15.5 Å². The van der Waals surface area contributed by atoms with Crippen molar-refractivity contribution in [2.75, 3.05) is 17.7 Å². The van der Waals surface area contributed by atoms with Crippen molar-refractivity contribution in [3.63, 3.8) is 0 Å². The number of benzene rings is 1. The minimum absolute atomic E-state index is 0.0549. The average Bonchev–Trinajstić information content (AvgIpc) is 3.17. The van der Waals surface area contributed by atoms with Crippen LogP contribution in [0.15, 0.2) is 53.7 Å². The highest BCUT2D eigenvalue weighted by atomic mass is 32.2. The van der Waals surface area contributed by atoms with Gasteiger partial charge in [0, 0.05) is 11.9 Å². The fourth-order valence-electron chi connectivity index (χ4n) is 4.13. The van der Waals surface area contributed by atoms with Gasteiger partial charge in [-0.25, -0.2) is 12.9 Å². The van der Waals surface area contributed by atoms with Gasteiger partial charge in [0.05, 0.1) is 24.5 Å². The summed E-state index contributed by atoms with van der Waals surface area (Å²) >= 11 is 0. The summed E-state index contributed by atoms with van der Waals surface area (Å²) in [7, 11) is -3.59. The van der Waals surface area contributed by atoms with Crippen LogP contribution in [-0.2, 0) is 26.7 Å². The fraction of sp³-hybridized carbons (Fsp3) is 0.318. The number of nitrogens with one attached hydrogen (secondary N) is 1. The average molecular weight is 454 g/mol. The van der Waals surface area contributed by atoms with Crippen LogP contribution in [0.1, 0.15) is 35.5 Å². The lowest BCUT2D eigenvalue weighted by Crippen LogP contribution is -2.57. The van der Waals surface area contributed by atoms with Crippen molar-refractivity contribution >= 4 is 32.8 Å². The number of anilines is 1. The van der Waals surface area contributed by atoms with Crippen LogP contribution in [0.5, 0.6) is 0 Å². The molecule has 0 radical (unpaired) electrons.